The number of H-pyrrole nitrogens is 1. The normalized spacial score (nSPS) is 18.4. The molecular weight excluding hydrogens is 516 g/mol. The predicted octanol–water partition coefficient (Wildman–Crippen LogP) is 3.18. The Labute approximate surface area is 228 Å². The molecule has 2 aromatic heterocycles. The van der Waals surface area contributed by atoms with Crippen molar-refractivity contribution in [2.24, 2.45) is 0 Å². The Balaban J connectivity index is 1.24. The first-order chi connectivity index (χ1) is 19.5. The van der Waals surface area contributed by atoms with Gasteiger partial charge >= 0.3 is 0 Å². The average molecular weight is 545 g/mol. The lowest BCUT2D eigenvalue weighted by atomic mass is 10.0. The number of anilines is 1. The molecule has 0 bridgehead atoms. The molecule has 4 heterocycles. The molecule has 13 nitrogen and oxygen atoms in total. The van der Waals surface area contributed by atoms with E-state index >= 15 is 0 Å². The summed E-state index contributed by atoms with van der Waals surface area (Å²) in [6.07, 6.45) is 4.28. The molecule has 4 aromatic rings. The van der Waals surface area contributed by atoms with Crippen LogP contribution in [0.5, 0.6) is 11.5 Å². The number of aromatic nitrogens is 5. The highest BCUT2D eigenvalue weighted by atomic mass is 16.7. The molecule has 1 unspecified atom stereocenters. The van der Waals surface area contributed by atoms with Gasteiger partial charge in [0.2, 0.25) is 6.79 Å². The Morgan fingerprint density at radius 3 is 2.45 bits per heavy atom. The highest BCUT2D eigenvalue weighted by Crippen LogP contribution is 2.38. The van der Waals surface area contributed by atoms with E-state index in [1.54, 1.807) is 18.2 Å². The zero-order chi connectivity index (χ0) is 27.2. The molecule has 0 radical (unpaired) electrons. The zero-order valence-corrected chi connectivity index (χ0v) is 21.7. The van der Waals surface area contributed by atoms with Gasteiger partial charge in [-0.15, -0.1) is 5.10 Å². The van der Waals surface area contributed by atoms with Crippen LogP contribution in [0.15, 0.2) is 47.3 Å². The van der Waals surface area contributed by atoms with E-state index < -0.39 is 11.0 Å². The number of nitrogens with zero attached hydrogens (tertiary/aromatic N) is 7. The van der Waals surface area contributed by atoms with Gasteiger partial charge in [-0.3, -0.25) is 19.8 Å². The molecule has 1 saturated carbocycles. The molecule has 2 aromatic carbocycles. The molecule has 13 heteroatoms. The third-order valence-corrected chi connectivity index (χ3v) is 8.20. The van der Waals surface area contributed by atoms with E-state index in [1.165, 1.54) is 12.1 Å². The van der Waals surface area contributed by atoms with E-state index in [9.17, 15) is 14.9 Å². The van der Waals surface area contributed by atoms with Crippen LogP contribution in [0, 0.1) is 10.1 Å². The molecule has 1 atom stereocenters. The molecule has 0 amide bonds. The summed E-state index contributed by atoms with van der Waals surface area (Å²) in [6, 6.07) is 12.0. The van der Waals surface area contributed by atoms with Crippen molar-refractivity contribution in [1.29, 1.82) is 0 Å². The van der Waals surface area contributed by atoms with Crippen molar-refractivity contribution >= 4 is 22.3 Å². The topological polar surface area (TPSA) is 145 Å². The number of nitro groups is 1. The SMILES string of the molecule is O=c1[nH]c2cc3c(cc2cc1C(c1nnnn1C1CCCC1)N1CCN(c2ccc([N+](=O)[O-])cc2)CC1)OCO3. The Morgan fingerprint density at radius 1 is 1.00 bits per heavy atom. The summed E-state index contributed by atoms with van der Waals surface area (Å²) in [6.45, 7) is 2.82. The highest BCUT2D eigenvalue weighted by Gasteiger charge is 2.35. The molecule has 206 valence electrons. The smallest absolute Gasteiger partial charge is 0.269 e. The Kier molecular flexibility index (Phi) is 6.07. The number of rotatable bonds is 6. The maximum atomic E-state index is 13.6. The zero-order valence-electron chi connectivity index (χ0n) is 21.7. The molecular formula is C27H28N8O5. The first-order valence-corrected chi connectivity index (χ1v) is 13.5. The second-order valence-electron chi connectivity index (χ2n) is 10.5. The molecule has 2 fully saturated rings. The summed E-state index contributed by atoms with van der Waals surface area (Å²) < 4.78 is 13.0. The van der Waals surface area contributed by atoms with Gasteiger partial charge in [0.05, 0.1) is 16.5 Å². The number of aromatic amines is 1. The van der Waals surface area contributed by atoms with Crippen LogP contribution in [0.4, 0.5) is 11.4 Å². The first kappa shape index (κ1) is 24.5. The fraction of sp³-hybridized carbons (Fsp3) is 0.407. The minimum absolute atomic E-state index is 0.0688. The van der Waals surface area contributed by atoms with Crippen molar-refractivity contribution in [3.05, 3.63) is 74.3 Å². The molecule has 40 heavy (non-hydrogen) atoms. The van der Waals surface area contributed by atoms with Gasteiger partial charge in [-0.25, -0.2) is 4.68 Å². The lowest BCUT2D eigenvalue weighted by Crippen LogP contribution is -2.49. The summed E-state index contributed by atoms with van der Waals surface area (Å²) in [4.78, 5) is 31.8. The van der Waals surface area contributed by atoms with Crippen LogP contribution in [-0.4, -0.2) is 68.0 Å². The number of non-ortho nitro benzene ring substituents is 1. The van der Waals surface area contributed by atoms with Crippen LogP contribution in [0.25, 0.3) is 10.9 Å². The van der Waals surface area contributed by atoms with Crippen LogP contribution in [0.3, 0.4) is 0 Å². The molecule has 7 rings (SSSR count). The van der Waals surface area contributed by atoms with Crippen molar-refractivity contribution in [3.8, 4) is 11.5 Å². The lowest BCUT2D eigenvalue weighted by Gasteiger charge is -2.39. The number of tetrazole rings is 1. The van der Waals surface area contributed by atoms with Crippen molar-refractivity contribution in [3.63, 3.8) is 0 Å². The Morgan fingerprint density at radius 2 is 1.73 bits per heavy atom. The Bertz CT molecular complexity index is 1620. The number of piperazine rings is 1. The summed E-state index contributed by atoms with van der Waals surface area (Å²) in [5.41, 5.74) is 2.05. The summed E-state index contributed by atoms with van der Waals surface area (Å²) in [5.74, 6) is 1.93. The van der Waals surface area contributed by atoms with Gasteiger partial charge in [-0.1, -0.05) is 12.8 Å². The third-order valence-electron chi connectivity index (χ3n) is 8.20. The number of fused-ring (bicyclic) bond motifs is 2. The lowest BCUT2D eigenvalue weighted by molar-refractivity contribution is -0.384. The van der Waals surface area contributed by atoms with Crippen molar-refractivity contribution in [2.75, 3.05) is 37.9 Å². The number of hydrogen-bond donors (Lipinski definition) is 1. The van der Waals surface area contributed by atoms with Crippen LogP contribution in [0.1, 0.15) is 49.2 Å². The first-order valence-electron chi connectivity index (χ1n) is 13.5. The number of hydrogen-bond acceptors (Lipinski definition) is 10. The average Bonchev–Trinajstić information content (AvgIpc) is 3.75. The fourth-order valence-electron chi connectivity index (χ4n) is 6.13. The molecule has 1 aliphatic carbocycles. The van der Waals surface area contributed by atoms with Crippen molar-refractivity contribution in [2.45, 2.75) is 37.8 Å². The number of pyridine rings is 1. The van der Waals surface area contributed by atoms with Crippen molar-refractivity contribution in [1.82, 2.24) is 30.1 Å². The fourth-order valence-corrected chi connectivity index (χ4v) is 6.13. The van der Waals surface area contributed by atoms with Crippen molar-refractivity contribution < 1.29 is 14.4 Å². The standard InChI is InChI=1S/C27H28N8O5/c36-27-21(13-17-14-23-24(40-16-39-23)15-22(17)28-27)25(26-29-30-31-34(26)19-3-1-2-4-19)33-11-9-32(10-12-33)18-5-7-20(8-6-18)35(37)38/h5-8,13-15,19,25H,1-4,9-12,16H2,(H,28,36). The molecule has 0 spiro atoms. The second kappa shape index (κ2) is 9.90. The number of benzene rings is 2. The minimum Gasteiger partial charge on any atom is -0.454 e. The van der Waals surface area contributed by atoms with E-state index in [2.05, 4.69) is 30.3 Å². The quantitative estimate of drug-likeness (QED) is 0.284. The number of ether oxygens (including phenoxy) is 2. The monoisotopic (exact) mass is 544 g/mol. The van der Waals surface area contributed by atoms with Gasteiger partial charge < -0.3 is 19.4 Å². The van der Waals surface area contributed by atoms with E-state index in [1.807, 2.05) is 16.8 Å². The maximum absolute atomic E-state index is 13.6. The van der Waals surface area contributed by atoms with Crippen LogP contribution in [0.2, 0.25) is 0 Å². The predicted molar refractivity (Wildman–Crippen MR) is 145 cm³/mol. The summed E-state index contributed by atoms with van der Waals surface area (Å²) in [5, 5.41) is 24.8. The van der Waals surface area contributed by atoms with Crippen LogP contribution < -0.4 is 19.9 Å². The van der Waals surface area contributed by atoms with Crippen LogP contribution in [-0.2, 0) is 0 Å². The molecule has 2 aliphatic heterocycles. The van der Waals surface area contributed by atoms with Gasteiger partial charge in [0.1, 0.15) is 6.04 Å². The second-order valence-corrected chi connectivity index (χ2v) is 10.5. The van der Waals surface area contributed by atoms with E-state index in [4.69, 9.17) is 9.47 Å². The van der Waals surface area contributed by atoms with E-state index in [0.29, 0.717) is 54.6 Å². The number of nitro benzene ring substituents is 1. The summed E-state index contributed by atoms with van der Waals surface area (Å²) >= 11 is 0. The Hall–Kier alpha value is -4.52. The minimum atomic E-state index is -0.451. The third kappa shape index (κ3) is 4.31. The molecule has 1 N–H and O–H groups in total. The highest BCUT2D eigenvalue weighted by molar-refractivity contribution is 5.83. The molecule has 1 saturated heterocycles. The summed E-state index contributed by atoms with van der Waals surface area (Å²) in [7, 11) is 0. The largest absolute Gasteiger partial charge is 0.454 e. The van der Waals surface area contributed by atoms with Gasteiger partial charge in [0.25, 0.3) is 11.2 Å². The molecule has 3 aliphatic rings. The van der Waals surface area contributed by atoms with Gasteiger partial charge in [0.15, 0.2) is 17.3 Å². The van der Waals surface area contributed by atoms with Gasteiger partial charge in [-0.05, 0) is 47.5 Å². The van der Waals surface area contributed by atoms with E-state index in [0.717, 1.165) is 36.8 Å². The maximum Gasteiger partial charge on any atom is 0.269 e. The van der Waals surface area contributed by atoms with E-state index in [-0.39, 0.29) is 24.1 Å². The van der Waals surface area contributed by atoms with Crippen LogP contribution >= 0.6 is 0 Å². The van der Waals surface area contributed by atoms with Gasteiger partial charge in [-0.2, -0.15) is 0 Å². The number of nitrogens with one attached hydrogen (secondary N) is 1. The van der Waals surface area contributed by atoms with Gasteiger partial charge in [0, 0.05) is 61.0 Å².